The normalized spacial score (nSPS) is 14.2. The van der Waals surface area contributed by atoms with Crippen LogP contribution in [0.5, 0.6) is 0 Å². The summed E-state index contributed by atoms with van der Waals surface area (Å²) >= 11 is 8.24. The lowest BCUT2D eigenvalue weighted by atomic mass is 10.0. The average molecular weight is 427 g/mol. The molecule has 0 aliphatic carbocycles. The molecule has 4 nitrogen and oxygen atoms in total. The maximum atomic E-state index is 12.7. The summed E-state index contributed by atoms with van der Waals surface area (Å²) in [6, 6.07) is 11.8. The van der Waals surface area contributed by atoms with E-state index in [-0.39, 0.29) is 5.91 Å². The number of nitrogens with zero attached hydrogens (tertiary/aromatic N) is 2. The lowest BCUT2D eigenvalue weighted by molar-refractivity contribution is 0.0724. The van der Waals surface area contributed by atoms with Crippen LogP contribution in [0.15, 0.2) is 48.0 Å². The Bertz CT molecular complexity index is 1010. The van der Waals surface area contributed by atoms with Crippen LogP contribution in [0.25, 0.3) is 21.6 Å². The minimum atomic E-state index is 0.0756. The van der Waals surface area contributed by atoms with Gasteiger partial charge < -0.3 is 9.64 Å². The highest BCUT2D eigenvalue weighted by atomic mass is 35.5. The first kappa shape index (κ1) is 20.1. The van der Waals surface area contributed by atoms with Crippen molar-refractivity contribution in [2.24, 2.45) is 0 Å². The lowest BCUT2D eigenvalue weighted by Crippen LogP contribution is -2.35. The Labute approximate surface area is 180 Å². The van der Waals surface area contributed by atoms with Crippen LogP contribution in [-0.4, -0.2) is 36.0 Å². The lowest BCUT2D eigenvalue weighted by Gasteiger charge is -2.26. The monoisotopic (exact) mass is 426 g/mol. The molecule has 0 spiro atoms. The molecule has 2 aromatic heterocycles. The predicted molar refractivity (Wildman–Crippen MR) is 118 cm³/mol. The van der Waals surface area contributed by atoms with Crippen LogP contribution in [0.2, 0.25) is 5.02 Å². The fourth-order valence-electron chi connectivity index (χ4n) is 3.65. The molecule has 4 rings (SSSR count). The predicted octanol–water partition coefficient (Wildman–Crippen LogP) is 5.90. The van der Waals surface area contributed by atoms with Crippen molar-refractivity contribution < 1.29 is 9.53 Å². The molecule has 0 unspecified atom stereocenters. The number of ether oxygens (including phenoxy) is 1. The third-order valence-corrected chi connectivity index (χ3v) is 6.46. The Balaban J connectivity index is 1.56. The molecular formula is C23H23ClN2O2S. The third kappa shape index (κ3) is 4.53. The van der Waals surface area contributed by atoms with Gasteiger partial charge in [-0.1, -0.05) is 17.7 Å². The van der Waals surface area contributed by atoms with Crippen molar-refractivity contribution in [2.45, 2.75) is 25.9 Å². The van der Waals surface area contributed by atoms with E-state index in [4.69, 9.17) is 16.3 Å². The fourth-order valence-corrected chi connectivity index (χ4v) is 4.85. The van der Waals surface area contributed by atoms with E-state index >= 15 is 0 Å². The van der Waals surface area contributed by atoms with Crippen LogP contribution in [-0.2, 0) is 11.3 Å². The highest BCUT2D eigenvalue weighted by Crippen LogP contribution is 2.36. The molecular weight excluding hydrogens is 404 g/mol. The second-order valence-electron chi connectivity index (χ2n) is 7.22. The average Bonchev–Trinajstić information content (AvgIpc) is 3.24. The minimum Gasteiger partial charge on any atom is -0.378 e. The van der Waals surface area contributed by atoms with Crippen LogP contribution in [0, 0.1) is 0 Å². The zero-order valence-electron chi connectivity index (χ0n) is 16.4. The van der Waals surface area contributed by atoms with Gasteiger partial charge >= 0.3 is 0 Å². The van der Waals surface area contributed by atoms with E-state index in [1.165, 1.54) is 6.42 Å². The number of halogens is 1. The molecule has 0 saturated carbocycles. The number of hydrogen-bond acceptors (Lipinski definition) is 4. The standard InChI is InChI=1S/C23H23ClN2O2S/c1-28-14-19-11-16(7-8-25-19)22-13-18(15-29-22)20-6-5-17(12-21(20)24)23(27)26-9-3-2-4-10-26/h5-8,11-13,15H,2-4,9-10,14H2,1H3. The zero-order chi connectivity index (χ0) is 20.2. The van der Waals surface area contributed by atoms with E-state index in [0.29, 0.717) is 17.2 Å². The smallest absolute Gasteiger partial charge is 0.253 e. The summed E-state index contributed by atoms with van der Waals surface area (Å²) in [7, 11) is 1.67. The Kier molecular flexibility index (Phi) is 6.28. The van der Waals surface area contributed by atoms with Gasteiger partial charge in [0.05, 0.1) is 12.3 Å². The summed E-state index contributed by atoms with van der Waals surface area (Å²) in [5.74, 6) is 0.0756. The van der Waals surface area contributed by atoms with Gasteiger partial charge in [0, 0.05) is 47.4 Å². The van der Waals surface area contributed by atoms with Crippen molar-refractivity contribution in [1.29, 1.82) is 0 Å². The van der Waals surface area contributed by atoms with Crippen LogP contribution in [0.1, 0.15) is 35.3 Å². The maximum absolute atomic E-state index is 12.7. The quantitative estimate of drug-likeness (QED) is 0.509. The number of carbonyl (C=O) groups is 1. The first-order chi connectivity index (χ1) is 14.2. The molecule has 3 aromatic rings. The molecule has 29 heavy (non-hydrogen) atoms. The van der Waals surface area contributed by atoms with Crippen molar-refractivity contribution in [1.82, 2.24) is 9.88 Å². The molecule has 1 aliphatic heterocycles. The number of aromatic nitrogens is 1. The van der Waals surface area contributed by atoms with E-state index < -0.39 is 0 Å². The summed E-state index contributed by atoms with van der Waals surface area (Å²) in [6.07, 6.45) is 5.16. The number of pyridine rings is 1. The van der Waals surface area contributed by atoms with Crippen molar-refractivity contribution in [3.63, 3.8) is 0 Å². The summed E-state index contributed by atoms with van der Waals surface area (Å²) in [5, 5.41) is 2.70. The van der Waals surface area contributed by atoms with Gasteiger partial charge in [0.25, 0.3) is 5.91 Å². The topological polar surface area (TPSA) is 42.4 Å². The molecule has 150 valence electrons. The highest BCUT2D eigenvalue weighted by Gasteiger charge is 2.19. The molecule has 1 fully saturated rings. The van der Waals surface area contributed by atoms with E-state index in [1.807, 2.05) is 29.2 Å². The van der Waals surface area contributed by atoms with Gasteiger partial charge in [0.2, 0.25) is 0 Å². The first-order valence-electron chi connectivity index (χ1n) is 9.77. The van der Waals surface area contributed by atoms with E-state index in [2.05, 4.69) is 16.4 Å². The van der Waals surface area contributed by atoms with Gasteiger partial charge in [0.15, 0.2) is 0 Å². The van der Waals surface area contributed by atoms with E-state index in [1.54, 1.807) is 30.7 Å². The number of amides is 1. The number of likely N-dealkylation sites (tertiary alicyclic amines) is 1. The van der Waals surface area contributed by atoms with E-state index in [9.17, 15) is 4.79 Å². The van der Waals surface area contributed by atoms with E-state index in [0.717, 1.165) is 53.2 Å². The fraction of sp³-hybridized carbons (Fsp3) is 0.304. The summed E-state index contributed by atoms with van der Waals surface area (Å²) in [5.41, 5.74) is 4.66. The number of benzene rings is 1. The second kappa shape index (κ2) is 9.08. The molecule has 0 bridgehead atoms. The number of hydrogen-bond donors (Lipinski definition) is 0. The number of piperidine rings is 1. The van der Waals surface area contributed by atoms with Crippen LogP contribution in [0.3, 0.4) is 0 Å². The molecule has 1 saturated heterocycles. The molecule has 0 N–H and O–H groups in total. The first-order valence-corrected chi connectivity index (χ1v) is 11.0. The number of carbonyl (C=O) groups excluding carboxylic acids is 1. The van der Waals surface area contributed by atoms with Gasteiger partial charge in [-0.15, -0.1) is 11.3 Å². The largest absolute Gasteiger partial charge is 0.378 e. The van der Waals surface area contributed by atoms with Crippen LogP contribution in [0.4, 0.5) is 0 Å². The molecule has 0 radical (unpaired) electrons. The second-order valence-corrected chi connectivity index (χ2v) is 8.53. The number of thiophene rings is 1. The number of rotatable bonds is 5. The summed E-state index contributed by atoms with van der Waals surface area (Å²) in [6.45, 7) is 2.16. The minimum absolute atomic E-state index is 0.0756. The Hall–Kier alpha value is -2.21. The molecule has 1 aromatic carbocycles. The molecule has 1 amide bonds. The van der Waals surface area contributed by atoms with Crippen molar-refractivity contribution in [3.05, 3.63) is 64.3 Å². The summed E-state index contributed by atoms with van der Waals surface area (Å²) < 4.78 is 5.18. The molecule has 1 aliphatic rings. The molecule has 3 heterocycles. The van der Waals surface area contributed by atoms with Crippen molar-refractivity contribution in [3.8, 4) is 21.6 Å². The Morgan fingerprint density at radius 3 is 2.72 bits per heavy atom. The Morgan fingerprint density at radius 1 is 1.14 bits per heavy atom. The van der Waals surface area contributed by atoms with Gasteiger partial charge in [-0.2, -0.15) is 0 Å². The van der Waals surface area contributed by atoms with Gasteiger partial charge in [-0.25, -0.2) is 0 Å². The number of methoxy groups -OCH3 is 1. The molecule has 0 atom stereocenters. The zero-order valence-corrected chi connectivity index (χ0v) is 17.9. The third-order valence-electron chi connectivity index (χ3n) is 5.16. The Morgan fingerprint density at radius 2 is 1.97 bits per heavy atom. The SMILES string of the molecule is COCc1cc(-c2cc(-c3ccc(C(=O)N4CCCCC4)cc3Cl)cs2)ccn1. The highest BCUT2D eigenvalue weighted by molar-refractivity contribution is 7.14. The van der Waals surface area contributed by atoms with Crippen LogP contribution >= 0.6 is 22.9 Å². The van der Waals surface area contributed by atoms with Gasteiger partial charge in [0.1, 0.15) is 0 Å². The maximum Gasteiger partial charge on any atom is 0.253 e. The molecule has 6 heteroatoms. The van der Waals surface area contributed by atoms with Gasteiger partial charge in [-0.05, 0) is 66.1 Å². The van der Waals surface area contributed by atoms with Crippen molar-refractivity contribution >= 4 is 28.8 Å². The van der Waals surface area contributed by atoms with Crippen molar-refractivity contribution in [2.75, 3.05) is 20.2 Å². The van der Waals surface area contributed by atoms with Crippen LogP contribution < -0.4 is 0 Å². The van der Waals surface area contributed by atoms with Gasteiger partial charge in [-0.3, -0.25) is 9.78 Å². The summed E-state index contributed by atoms with van der Waals surface area (Å²) in [4.78, 5) is 20.1.